The number of ether oxygens (including phenoxy) is 1. The van der Waals surface area contributed by atoms with Crippen molar-refractivity contribution in [3.8, 4) is 0 Å². The lowest BCUT2D eigenvalue weighted by molar-refractivity contribution is -0.143. The Kier molecular flexibility index (Phi) is 2.48. The maximum atomic E-state index is 11.5. The third-order valence-corrected chi connectivity index (χ3v) is 2.55. The fourth-order valence-electron chi connectivity index (χ4n) is 1.67. The average molecular weight is 191 g/mol. The average Bonchev–Trinajstić information content (AvgIpc) is 3.04. The Morgan fingerprint density at radius 3 is 2.86 bits per heavy atom. The molecule has 2 rings (SSSR count). The van der Waals surface area contributed by atoms with Crippen LogP contribution >= 0.6 is 0 Å². The Bertz CT molecular complexity index is 319. The number of methoxy groups -OCH3 is 1. The third kappa shape index (κ3) is 1.76. The zero-order valence-electron chi connectivity index (χ0n) is 8.14. The van der Waals surface area contributed by atoms with Gasteiger partial charge in [0.25, 0.3) is 0 Å². The van der Waals surface area contributed by atoms with Crippen LogP contribution in [0.3, 0.4) is 0 Å². The second kappa shape index (κ2) is 3.78. The predicted octanol–water partition coefficient (Wildman–Crippen LogP) is 1.75. The molecule has 3 heteroatoms. The summed E-state index contributed by atoms with van der Waals surface area (Å²) in [6.07, 6.45) is 3.93. The molecule has 1 aromatic heterocycles. The first-order chi connectivity index (χ1) is 6.83. The monoisotopic (exact) mass is 191 g/mol. The molecule has 1 saturated carbocycles. The van der Waals surface area contributed by atoms with Crippen LogP contribution in [0.2, 0.25) is 0 Å². The maximum Gasteiger partial charge on any atom is 0.315 e. The Hall–Kier alpha value is -1.38. The van der Waals surface area contributed by atoms with Crippen molar-refractivity contribution in [2.24, 2.45) is 5.92 Å². The van der Waals surface area contributed by atoms with E-state index in [0.29, 0.717) is 5.92 Å². The Labute approximate surface area is 83.1 Å². The normalized spacial score (nSPS) is 17.5. The van der Waals surface area contributed by atoms with Gasteiger partial charge in [0.15, 0.2) is 0 Å². The molecule has 1 aliphatic carbocycles. The van der Waals surface area contributed by atoms with E-state index < -0.39 is 0 Å². The smallest absolute Gasteiger partial charge is 0.315 e. The molecule has 0 spiro atoms. The lowest BCUT2D eigenvalue weighted by Crippen LogP contribution is -2.17. The van der Waals surface area contributed by atoms with Crippen LogP contribution < -0.4 is 0 Å². The third-order valence-electron chi connectivity index (χ3n) is 2.55. The van der Waals surface area contributed by atoms with Gasteiger partial charge in [-0.25, -0.2) is 0 Å². The molecule has 0 N–H and O–H groups in total. The molecule has 0 aromatic carbocycles. The number of esters is 1. The first-order valence-corrected chi connectivity index (χ1v) is 4.81. The van der Waals surface area contributed by atoms with Gasteiger partial charge in [-0.05, 0) is 30.9 Å². The van der Waals surface area contributed by atoms with Crippen molar-refractivity contribution >= 4 is 5.97 Å². The van der Waals surface area contributed by atoms with E-state index in [1.165, 1.54) is 7.11 Å². The van der Waals surface area contributed by atoms with Crippen molar-refractivity contribution in [1.82, 2.24) is 4.98 Å². The number of carbonyl (C=O) groups excluding carboxylic acids is 1. The Balaban J connectivity index is 2.22. The number of hydrogen-bond donors (Lipinski definition) is 0. The Morgan fingerprint density at radius 2 is 2.36 bits per heavy atom. The lowest BCUT2D eigenvalue weighted by Gasteiger charge is -2.12. The highest BCUT2D eigenvalue weighted by molar-refractivity contribution is 5.78. The molecule has 1 unspecified atom stereocenters. The van der Waals surface area contributed by atoms with Crippen LogP contribution in [-0.4, -0.2) is 18.1 Å². The summed E-state index contributed by atoms with van der Waals surface area (Å²) in [5.41, 5.74) is 0.835. The van der Waals surface area contributed by atoms with Crippen molar-refractivity contribution in [2.45, 2.75) is 18.8 Å². The van der Waals surface area contributed by atoms with Crippen LogP contribution in [-0.2, 0) is 9.53 Å². The number of pyridine rings is 1. The van der Waals surface area contributed by atoms with Gasteiger partial charge in [-0.2, -0.15) is 0 Å². The summed E-state index contributed by atoms with van der Waals surface area (Å²) in [5, 5.41) is 0. The van der Waals surface area contributed by atoms with Gasteiger partial charge in [-0.3, -0.25) is 9.78 Å². The molecule has 74 valence electrons. The zero-order valence-corrected chi connectivity index (χ0v) is 8.14. The van der Waals surface area contributed by atoms with Crippen molar-refractivity contribution < 1.29 is 9.53 Å². The van der Waals surface area contributed by atoms with Crippen LogP contribution in [0.4, 0.5) is 0 Å². The van der Waals surface area contributed by atoms with Gasteiger partial charge < -0.3 is 4.74 Å². The molecule has 14 heavy (non-hydrogen) atoms. The summed E-state index contributed by atoms with van der Waals surface area (Å²) in [6.45, 7) is 0. The van der Waals surface area contributed by atoms with Gasteiger partial charge in [0.1, 0.15) is 5.92 Å². The minimum Gasteiger partial charge on any atom is -0.468 e. The molecule has 1 fully saturated rings. The summed E-state index contributed by atoms with van der Waals surface area (Å²) in [4.78, 5) is 15.7. The molecule has 0 bridgehead atoms. The quantitative estimate of drug-likeness (QED) is 0.683. The number of aromatic nitrogens is 1. The van der Waals surface area contributed by atoms with Crippen LogP contribution in [0.15, 0.2) is 24.4 Å². The first-order valence-electron chi connectivity index (χ1n) is 4.81. The fraction of sp³-hybridized carbons (Fsp3) is 0.455. The number of hydrogen-bond acceptors (Lipinski definition) is 3. The number of nitrogens with zero attached hydrogens (tertiary/aromatic N) is 1. The van der Waals surface area contributed by atoms with E-state index in [9.17, 15) is 4.79 Å². The van der Waals surface area contributed by atoms with Gasteiger partial charge in [0.2, 0.25) is 0 Å². The highest BCUT2D eigenvalue weighted by Crippen LogP contribution is 2.42. The zero-order chi connectivity index (χ0) is 9.97. The highest BCUT2D eigenvalue weighted by Gasteiger charge is 2.38. The van der Waals surface area contributed by atoms with E-state index in [1.54, 1.807) is 6.20 Å². The summed E-state index contributed by atoms with van der Waals surface area (Å²) in [5.74, 6) is 0.129. The number of rotatable bonds is 3. The lowest BCUT2D eigenvalue weighted by atomic mass is 9.99. The Morgan fingerprint density at radius 1 is 1.57 bits per heavy atom. The van der Waals surface area contributed by atoms with Crippen molar-refractivity contribution in [1.29, 1.82) is 0 Å². The van der Waals surface area contributed by atoms with E-state index >= 15 is 0 Å². The molecule has 1 aliphatic rings. The van der Waals surface area contributed by atoms with E-state index in [2.05, 4.69) is 4.98 Å². The molecular formula is C11H13NO2. The second-order valence-corrected chi connectivity index (χ2v) is 3.59. The van der Waals surface area contributed by atoms with Crippen LogP contribution in [0.5, 0.6) is 0 Å². The van der Waals surface area contributed by atoms with Gasteiger partial charge in [0, 0.05) is 6.20 Å². The maximum absolute atomic E-state index is 11.5. The molecule has 1 aromatic rings. The van der Waals surface area contributed by atoms with E-state index in [-0.39, 0.29) is 11.9 Å². The largest absolute Gasteiger partial charge is 0.468 e. The molecule has 0 aliphatic heterocycles. The molecular weight excluding hydrogens is 178 g/mol. The first kappa shape index (κ1) is 9.19. The molecule has 0 radical (unpaired) electrons. The summed E-state index contributed by atoms with van der Waals surface area (Å²) >= 11 is 0. The second-order valence-electron chi connectivity index (χ2n) is 3.59. The molecule has 1 heterocycles. The SMILES string of the molecule is COC(=O)C(c1ccccn1)C1CC1. The summed E-state index contributed by atoms with van der Waals surface area (Å²) in [7, 11) is 1.43. The van der Waals surface area contributed by atoms with Crippen LogP contribution in [0, 0.1) is 5.92 Å². The molecule has 0 saturated heterocycles. The van der Waals surface area contributed by atoms with Crippen LogP contribution in [0.1, 0.15) is 24.5 Å². The highest BCUT2D eigenvalue weighted by atomic mass is 16.5. The van der Waals surface area contributed by atoms with Crippen molar-refractivity contribution in [3.63, 3.8) is 0 Å². The van der Waals surface area contributed by atoms with Crippen LogP contribution in [0.25, 0.3) is 0 Å². The van der Waals surface area contributed by atoms with Crippen molar-refractivity contribution in [2.75, 3.05) is 7.11 Å². The van der Waals surface area contributed by atoms with E-state index in [4.69, 9.17) is 4.74 Å². The fourth-order valence-corrected chi connectivity index (χ4v) is 1.67. The topological polar surface area (TPSA) is 39.2 Å². The van der Waals surface area contributed by atoms with Gasteiger partial charge >= 0.3 is 5.97 Å². The minimum absolute atomic E-state index is 0.152. The summed E-state index contributed by atoms with van der Waals surface area (Å²) in [6, 6.07) is 5.64. The van der Waals surface area contributed by atoms with Gasteiger partial charge in [0.05, 0.1) is 12.8 Å². The molecule has 3 nitrogen and oxygen atoms in total. The summed E-state index contributed by atoms with van der Waals surface area (Å²) < 4.78 is 4.79. The predicted molar refractivity (Wildman–Crippen MR) is 51.7 cm³/mol. The van der Waals surface area contributed by atoms with Gasteiger partial charge in [-0.15, -0.1) is 0 Å². The van der Waals surface area contributed by atoms with E-state index in [1.807, 2.05) is 18.2 Å². The minimum atomic E-state index is -0.161. The molecule has 1 atom stereocenters. The standard InChI is InChI=1S/C11H13NO2/c1-14-11(13)10(8-5-6-8)9-4-2-3-7-12-9/h2-4,7-8,10H,5-6H2,1H3. The van der Waals surface area contributed by atoms with E-state index in [0.717, 1.165) is 18.5 Å². The van der Waals surface area contributed by atoms with Gasteiger partial charge in [-0.1, -0.05) is 6.07 Å². The molecule has 0 amide bonds. The number of carbonyl (C=O) groups is 1. The van der Waals surface area contributed by atoms with Crippen molar-refractivity contribution in [3.05, 3.63) is 30.1 Å².